The van der Waals surface area contributed by atoms with Crippen molar-refractivity contribution in [3.05, 3.63) is 82.9 Å². The molecular weight excluding hydrogens is 424 g/mol. The van der Waals surface area contributed by atoms with Gasteiger partial charge in [0.25, 0.3) is 5.56 Å². The van der Waals surface area contributed by atoms with E-state index >= 15 is 0 Å². The first kappa shape index (κ1) is 23.5. The average Bonchev–Trinajstić information content (AvgIpc) is 2.86. The lowest BCUT2D eigenvalue weighted by Gasteiger charge is -2.30. The quantitative estimate of drug-likeness (QED) is 0.318. The zero-order valence-electron chi connectivity index (χ0n) is 20.1. The van der Waals surface area contributed by atoms with E-state index in [1.807, 2.05) is 67.6 Å². The van der Waals surface area contributed by atoms with Gasteiger partial charge in [-0.15, -0.1) is 0 Å². The van der Waals surface area contributed by atoms with Crippen molar-refractivity contribution < 1.29 is 4.79 Å². The molecular formula is C28H32N4O2. The number of amides is 2. The number of fused-ring (bicyclic) bond motifs is 2. The zero-order chi connectivity index (χ0) is 24.1. The second-order valence-electron chi connectivity index (χ2n) is 8.74. The summed E-state index contributed by atoms with van der Waals surface area (Å²) in [4.78, 5) is 33.2. The first-order chi connectivity index (χ1) is 16.5. The lowest BCUT2D eigenvalue weighted by Crippen LogP contribution is -2.40. The Morgan fingerprint density at radius 2 is 1.68 bits per heavy atom. The highest BCUT2D eigenvalue weighted by atomic mass is 16.2. The molecule has 6 nitrogen and oxygen atoms in total. The fourth-order valence-electron chi connectivity index (χ4n) is 4.45. The van der Waals surface area contributed by atoms with Gasteiger partial charge in [-0.25, -0.2) is 9.78 Å². The summed E-state index contributed by atoms with van der Waals surface area (Å²) in [7, 11) is 1.73. The molecule has 0 unspecified atom stereocenters. The van der Waals surface area contributed by atoms with E-state index in [0.717, 1.165) is 42.1 Å². The van der Waals surface area contributed by atoms with Crippen LogP contribution in [0.3, 0.4) is 0 Å². The minimum absolute atomic E-state index is 0.104. The molecule has 1 N–H and O–H groups in total. The number of hydrogen-bond donors (Lipinski definition) is 1. The minimum atomic E-state index is -0.376. The van der Waals surface area contributed by atoms with Crippen LogP contribution in [-0.2, 0) is 7.05 Å². The largest absolute Gasteiger partial charge is 0.322 e. The molecule has 1 aromatic heterocycles. The number of carbonyl (C=O) groups is 1. The van der Waals surface area contributed by atoms with Crippen LogP contribution >= 0.6 is 0 Å². The van der Waals surface area contributed by atoms with Crippen LogP contribution in [0.1, 0.15) is 51.4 Å². The molecule has 0 aliphatic carbocycles. The summed E-state index contributed by atoms with van der Waals surface area (Å²) in [6, 6.07) is 20.7. The molecule has 0 saturated carbocycles. The molecule has 0 aliphatic rings. The van der Waals surface area contributed by atoms with Crippen LogP contribution in [0.2, 0.25) is 0 Å². The Hall–Kier alpha value is -3.67. The van der Waals surface area contributed by atoms with Gasteiger partial charge in [-0.05, 0) is 36.9 Å². The Kier molecular flexibility index (Phi) is 7.26. The lowest BCUT2D eigenvalue weighted by atomic mass is 10.1. The van der Waals surface area contributed by atoms with Crippen LogP contribution in [0.4, 0.5) is 10.5 Å². The van der Waals surface area contributed by atoms with Crippen molar-refractivity contribution in [3.8, 4) is 0 Å². The topological polar surface area (TPSA) is 67.2 Å². The third kappa shape index (κ3) is 4.81. The summed E-state index contributed by atoms with van der Waals surface area (Å²) in [5.41, 5.74) is 1.31. The van der Waals surface area contributed by atoms with Gasteiger partial charge in [0.2, 0.25) is 0 Å². The van der Waals surface area contributed by atoms with Gasteiger partial charge in [0.1, 0.15) is 5.82 Å². The van der Waals surface area contributed by atoms with Crippen molar-refractivity contribution in [3.63, 3.8) is 0 Å². The molecule has 0 fully saturated rings. The molecule has 6 heteroatoms. The number of nitrogens with one attached hydrogen (secondary N) is 1. The van der Waals surface area contributed by atoms with Crippen LogP contribution < -0.4 is 10.9 Å². The lowest BCUT2D eigenvalue weighted by molar-refractivity contribution is 0.187. The fraction of sp³-hybridized carbons (Fsp3) is 0.321. The predicted octanol–water partition coefficient (Wildman–Crippen LogP) is 6.26. The Balaban J connectivity index is 1.68. The van der Waals surface area contributed by atoms with Gasteiger partial charge in [-0.1, -0.05) is 74.7 Å². The van der Waals surface area contributed by atoms with Crippen molar-refractivity contribution in [1.82, 2.24) is 14.5 Å². The molecule has 0 bridgehead atoms. The summed E-state index contributed by atoms with van der Waals surface area (Å²) < 4.78 is 1.57. The number of aromatic nitrogens is 2. The summed E-state index contributed by atoms with van der Waals surface area (Å²) in [6.07, 6.45) is 4.19. The summed E-state index contributed by atoms with van der Waals surface area (Å²) in [5.74, 6) is 0.576. The highest BCUT2D eigenvalue weighted by Crippen LogP contribution is 2.26. The Morgan fingerprint density at radius 1 is 0.971 bits per heavy atom. The fourth-order valence-corrected chi connectivity index (χ4v) is 4.45. The molecule has 1 heterocycles. The van der Waals surface area contributed by atoms with Gasteiger partial charge in [0.05, 0.1) is 22.6 Å². The number of hydrogen-bond acceptors (Lipinski definition) is 3. The van der Waals surface area contributed by atoms with E-state index in [0.29, 0.717) is 23.3 Å². The van der Waals surface area contributed by atoms with Crippen molar-refractivity contribution in [2.45, 2.75) is 45.6 Å². The molecule has 2 amide bonds. The molecule has 3 aromatic carbocycles. The number of carbonyl (C=O) groups excluding carboxylic acids is 1. The van der Waals surface area contributed by atoms with Gasteiger partial charge in [-0.2, -0.15) is 0 Å². The first-order valence-corrected chi connectivity index (χ1v) is 12.0. The van der Waals surface area contributed by atoms with Crippen LogP contribution in [0, 0.1) is 0 Å². The molecule has 1 atom stereocenters. The maximum absolute atomic E-state index is 13.6. The SMILES string of the molecule is CCCCCCN(C(=O)Nc1cccc2ccccc12)[C@@H](C)c1nc2ccccc2c(=O)n1C. The van der Waals surface area contributed by atoms with Gasteiger partial charge >= 0.3 is 6.03 Å². The van der Waals surface area contributed by atoms with E-state index in [-0.39, 0.29) is 17.6 Å². The highest BCUT2D eigenvalue weighted by Gasteiger charge is 2.25. The maximum Gasteiger partial charge on any atom is 0.322 e. The van der Waals surface area contributed by atoms with Crippen LogP contribution in [-0.4, -0.2) is 27.0 Å². The smallest absolute Gasteiger partial charge is 0.315 e. The molecule has 4 rings (SSSR count). The molecule has 0 saturated heterocycles. The summed E-state index contributed by atoms with van der Waals surface area (Å²) in [6.45, 7) is 4.70. The standard InChI is InChI=1S/C28H32N4O2/c1-4-5-6-11-19-32(28(34)30-24-18-12-14-21-13-7-8-15-22(21)24)20(2)26-29-25-17-10-9-16-23(25)27(33)31(26)3/h7-10,12-18,20H,4-6,11,19H2,1-3H3,(H,30,34)/t20-/m0/s1. The Bertz CT molecular complexity index is 1360. The van der Waals surface area contributed by atoms with Gasteiger partial charge in [-0.3, -0.25) is 9.36 Å². The molecule has 4 aromatic rings. The van der Waals surface area contributed by atoms with Gasteiger partial charge in [0, 0.05) is 19.0 Å². The van der Waals surface area contributed by atoms with Crippen LogP contribution in [0.15, 0.2) is 71.5 Å². The van der Waals surface area contributed by atoms with Crippen molar-refractivity contribution in [2.75, 3.05) is 11.9 Å². The van der Waals surface area contributed by atoms with E-state index in [1.165, 1.54) is 0 Å². The number of benzene rings is 3. The molecule has 0 spiro atoms. The van der Waals surface area contributed by atoms with E-state index in [1.54, 1.807) is 22.6 Å². The number of nitrogens with zero attached hydrogens (tertiary/aromatic N) is 3. The number of urea groups is 1. The van der Waals surface area contributed by atoms with Crippen molar-refractivity contribution in [2.24, 2.45) is 7.05 Å². The first-order valence-electron chi connectivity index (χ1n) is 12.0. The molecule has 176 valence electrons. The van der Waals surface area contributed by atoms with Crippen molar-refractivity contribution in [1.29, 1.82) is 0 Å². The maximum atomic E-state index is 13.6. The van der Waals surface area contributed by atoms with Gasteiger partial charge < -0.3 is 10.2 Å². The van der Waals surface area contributed by atoms with E-state index < -0.39 is 0 Å². The monoisotopic (exact) mass is 456 g/mol. The third-order valence-corrected chi connectivity index (χ3v) is 6.40. The number of unbranched alkanes of at least 4 members (excludes halogenated alkanes) is 3. The molecule has 0 radical (unpaired) electrons. The third-order valence-electron chi connectivity index (χ3n) is 6.40. The zero-order valence-corrected chi connectivity index (χ0v) is 20.1. The van der Waals surface area contributed by atoms with E-state index in [4.69, 9.17) is 4.98 Å². The van der Waals surface area contributed by atoms with E-state index in [9.17, 15) is 9.59 Å². The second-order valence-corrected chi connectivity index (χ2v) is 8.74. The van der Waals surface area contributed by atoms with Crippen molar-refractivity contribution >= 4 is 33.4 Å². The molecule has 34 heavy (non-hydrogen) atoms. The predicted molar refractivity (Wildman–Crippen MR) is 139 cm³/mol. The average molecular weight is 457 g/mol. The second kappa shape index (κ2) is 10.5. The number of anilines is 1. The number of para-hydroxylation sites is 1. The van der Waals surface area contributed by atoms with Crippen LogP contribution in [0.25, 0.3) is 21.7 Å². The molecule has 0 aliphatic heterocycles. The summed E-state index contributed by atoms with van der Waals surface area (Å²) in [5, 5.41) is 5.76. The Labute approximate surface area is 200 Å². The number of rotatable bonds is 8. The van der Waals surface area contributed by atoms with E-state index in [2.05, 4.69) is 12.2 Å². The highest BCUT2D eigenvalue weighted by molar-refractivity contribution is 6.01. The summed E-state index contributed by atoms with van der Waals surface area (Å²) >= 11 is 0. The van der Waals surface area contributed by atoms with Gasteiger partial charge in [0.15, 0.2) is 0 Å². The minimum Gasteiger partial charge on any atom is -0.315 e. The Morgan fingerprint density at radius 3 is 2.47 bits per heavy atom. The van der Waals surface area contributed by atoms with Crippen LogP contribution in [0.5, 0.6) is 0 Å². The normalized spacial score (nSPS) is 12.1.